The fourth-order valence-corrected chi connectivity index (χ4v) is 3.73. The highest BCUT2D eigenvalue weighted by Gasteiger charge is 2.29. The smallest absolute Gasteiger partial charge is 0.127 e. The van der Waals surface area contributed by atoms with Gasteiger partial charge in [-0.05, 0) is 25.5 Å². The average Bonchev–Trinajstić information content (AvgIpc) is 2.47. The molecule has 110 valence electrons. The van der Waals surface area contributed by atoms with Gasteiger partial charge in [-0.2, -0.15) is 0 Å². The van der Waals surface area contributed by atoms with E-state index in [9.17, 15) is 4.39 Å². The van der Waals surface area contributed by atoms with Crippen LogP contribution < -0.4 is 10.1 Å². The van der Waals surface area contributed by atoms with Crippen LogP contribution in [-0.2, 0) is 0 Å². The summed E-state index contributed by atoms with van der Waals surface area (Å²) in [7, 11) is 1.97. The van der Waals surface area contributed by atoms with Gasteiger partial charge in [0.15, 0.2) is 0 Å². The van der Waals surface area contributed by atoms with Gasteiger partial charge in [0.25, 0.3) is 0 Å². The zero-order chi connectivity index (χ0) is 13.9. The van der Waals surface area contributed by atoms with Crippen LogP contribution in [0.25, 0.3) is 0 Å². The van der Waals surface area contributed by atoms with E-state index in [4.69, 9.17) is 4.74 Å². The minimum absolute atomic E-state index is 0.211. The monoisotopic (exact) mass is 277 g/mol. The first-order valence-electron chi connectivity index (χ1n) is 7.89. The molecule has 1 N–H and O–H groups in total. The number of rotatable bonds is 3. The SMILES string of the molecule is CNC1CC(CC2CCCCC2)Oc2cc(F)ccc21. The van der Waals surface area contributed by atoms with Crippen LogP contribution in [0.2, 0.25) is 0 Å². The quantitative estimate of drug-likeness (QED) is 0.893. The predicted octanol–water partition coefficient (Wildman–Crippen LogP) is 4.21. The largest absolute Gasteiger partial charge is 0.490 e. The van der Waals surface area contributed by atoms with E-state index >= 15 is 0 Å². The second kappa shape index (κ2) is 6.13. The van der Waals surface area contributed by atoms with Crippen molar-refractivity contribution in [1.29, 1.82) is 0 Å². The van der Waals surface area contributed by atoms with Gasteiger partial charge in [-0.3, -0.25) is 0 Å². The Morgan fingerprint density at radius 3 is 2.80 bits per heavy atom. The summed E-state index contributed by atoms with van der Waals surface area (Å²) in [4.78, 5) is 0. The Labute approximate surface area is 120 Å². The second-order valence-electron chi connectivity index (χ2n) is 6.24. The molecule has 2 unspecified atom stereocenters. The van der Waals surface area contributed by atoms with Gasteiger partial charge < -0.3 is 10.1 Å². The van der Waals surface area contributed by atoms with Gasteiger partial charge in [0, 0.05) is 24.1 Å². The summed E-state index contributed by atoms with van der Waals surface area (Å²) in [5.41, 5.74) is 1.09. The van der Waals surface area contributed by atoms with Gasteiger partial charge >= 0.3 is 0 Å². The number of ether oxygens (including phenoxy) is 1. The maximum atomic E-state index is 13.4. The van der Waals surface area contributed by atoms with Gasteiger partial charge in [0.1, 0.15) is 17.7 Å². The van der Waals surface area contributed by atoms with Crippen LogP contribution in [0.15, 0.2) is 18.2 Å². The Hall–Kier alpha value is -1.09. The van der Waals surface area contributed by atoms with E-state index in [2.05, 4.69) is 5.32 Å². The van der Waals surface area contributed by atoms with E-state index < -0.39 is 0 Å². The first-order chi connectivity index (χ1) is 9.76. The third-order valence-electron chi connectivity index (χ3n) is 4.81. The Kier molecular flexibility index (Phi) is 4.25. The molecule has 3 rings (SSSR count). The first-order valence-corrected chi connectivity index (χ1v) is 7.89. The van der Waals surface area contributed by atoms with Gasteiger partial charge in [-0.25, -0.2) is 4.39 Å². The lowest BCUT2D eigenvalue weighted by Crippen LogP contribution is -2.33. The number of nitrogens with one attached hydrogen (secondary N) is 1. The highest BCUT2D eigenvalue weighted by atomic mass is 19.1. The van der Waals surface area contributed by atoms with Crippen molar-refractivity contribution in [3.05, 3.63) is 29.6 Å². The van der Waals surface area contributed by atoms with Crippen molar-refractivity contribution in [3.8, 4) is 5.75 Å². The van der Waals surface area contributed by atoms with Crippen molar-refractivity contribution in [1.82, 2.24) is 5.32 Å². The molecule has 1 fully saturated rings. The summed E-state index contributed by atoms with van der Waals surface area (Å²) in [5, 5.41) is 3.34. The molecule has 3 heteroatoms. The molecule has 1 aliphatic heterocycles. The first kappa shape index (κ1) is 13.9. The Morgan fingerprint density at radius 1 is 1.25 bits per heavy atom. The fraction of sp³-hybridized carbons (Fsp3) is 0.647. The highest BCUT2D eigenvalue weighted by Crippen LogP contribution is 2.38. The van der Waals surface area contributed by atoms with Crippen LogP contribution in [0.4, 0.5) is 4.39 Å². The molecule has 1 saturated carbocycles. The third-order valence-corrected chi connectivity index (χ3v) is 4.81. The summed E-state index contributed by atoms with van der Waals surface area (Å²) >= 11 is 0. The number of fused-ring (bicyclic) bond motifs is 1. The summed E-state index contributed by atoms with van der Waals surface area (Å²) in [6.07, 6.45) is 9.11. The van der Waals surface area contributed by atoms with E-state index in [0.29, 0.717) is 0 Å². The Morgan fingerprint density at radius 2 is 2.05 bits per heavy atom. The second-order valence-corrected chi connectivity index (χ2v) is 6.24. The molecule has 1 aromatic carbocycles. The molecule has 2 atom stereocenters. The summed E-state index contributed by atoms with van der Waals surface area (Å²) < 4.78 is 19.5. The zero-order valence-electron chi connectivity index (χ0n) is 12.2. The van der Waals surface area contributed by atoms with Crippen molar-refractivity contribution in [3.63, 3.8) is 0 Å². The molecule has 2 nitrogen and oxygen atoms in total. The predicted molar refractivity (Wildman–Crippen MR) is 78.4 cm³/mol. The molecule has 0 amide bonds. The van der Waals surface area contributed by atoms with E-state index in [1.807, 2.05) is 13.1 Å². The number of hydrogen-bond acceptors (Lipinski definition) is 2. The lowest BCUT2D eigenvalue weighted by Gasteiger charge is -2.34. The molecule has 0 bridgehead atoms. The Balaban J connectivity index is 1.72. The summed E-state index contributed by atoms with van der Waals surface area (Å²) in [6.45, 7) is 0. The molecule has 1 aliphatic carbocycles. The molecule has 0 saturated heterocycles. The van der Waals surface area contributed by atoms with Gasteiger partial charge in [-0.1, -0.05) is 38.2 Å². The number of benzene rings is 1. The van der Waals surface area contributed by atoms with Gasteiger partial charge in [0.2, 0.25) is 0 Å². The van der Waals surface area contributed by atoms with E-state index in [1.165, 1.54) is 44.2 Å². The lowest BCUT2D eigenvalue weighted by molar-refractivity contribution is 0.114. The van der Waals surface area contributed by atoms with Gasteiger partial charge in [0.05, 0.1) is 0 Å². The summed E-state index contributed by atoms with van der Waals surface area (Å²) in [6, 6.07) is 5.19. The van der Waals surface area contributed by atoms with Crippen molar-refractivity contribution < 1.29 is 9.13 Å². The Bertz CT molecular complexity index is 456. The maximum Gasteiger partial charge on any atom is 0.127 e. The van der Waals surface area contributed by atoms with E-state index in [-0.39, 0.29) is 18.0 Å². The van der Waals surface area contributed by atoms with Crippen molar-refractivity contribution in [2.75, 3.05) is 7.05 Å². The van der Waals surface area contributed by atoms with Crippen LogP contribution in [0, 0.1) is 11.7 Å². The topological polar surface area (TPSA) is 21.3 Å². The van der Waals surface area contributed by atoms with Crippen molar-refractivity contribution in [2.24, 2.45) is 5.92 Å². The average molecular weight is 277 g/mol. The zero-order valence-corrected chi connectivity index (χ0v) is 12.2. The van der Waals surface area contributed by atoms with Crippen molar-refractivity contribution in [2.45, 2.75) is 57.1 Å². The molecule has 20 heavy (non-hydrogen) atoms. The fourth-order valence-electron chi connectivity index (χ4n) is 3.73. The maximum absolute atomic E-state index is 13.4. The molecule has 0 spiro atoms. The van der Waals surface area contributed by atoms with Gasteiger partial charge in [-0.15, -0.1) is 0 Å². The van der Waals surface area contributed by atoms with Crippen LogP contribution in [0.5, 0.6) is 5.75 Å². The third kappa shape index (κ3) is 2.98. The molecule has 0 aromatic heterocycles. The van der Waals surface area contributed by atoms with Crippen LogP contribution in [0.1, 0.15) is 56.6 Å². The number of halogens is 1. The van der Waals surface area contributed by atoms with E-state index in [1.54, 1.807) is 0 Å². The number of hydrogen-bond donors (Lipinski definition) is 1. The van der Waals surface area contributed by atoms with Crippen LogP contribution >= 0.6 is 0 Å². The highest BCUT2D eigenvalue weighted by molar-refractivity contribution is 5.38. The standard InChI is InChI=1S/C17H24FNO/c1-19-16-11-14(9-12-5-3-2-4-6-12)20-17-10-13(18)7-8-15(16)17/h7-8,10,12,14,16,19H,2-6,9,11H2,1H3. The minimum Gasteiger partial charge on any atom is -0.490 e. The van der Waals surface area contributed by atoms with E-state index in [0.717, 1.165) is 30.1 Å². The summed E-state index contributed by atoms with van der Waals surface area (Å²) in [5.74, 6) is 1.31. The van der Waals surface area contributed by atoms with Crippen molar-refractivity contribution >= 4 is 0 Å². The minimum atomic E-state index is -0.211. The van der Waals surface area contributed by atoms with Crippen LogP contribution in [-0.4, -0.2) is 13.2 Å². The van der Waals surface area contributed by atoms with Crippen LogP contribution in [0.3, 0.4) is 0 Å². The molecule has 1 aromatic rings. The molecule has 0 radical (unpaired) electrons. The molecule has 1 heterocycles. The lowest BCUT2D eigenvalue weighted by atomic mass is 9.83. The molecule has 2 aliphatic rings. The molecular weight excluding hydrogens is 253 g/mol. The molecular formula is C17H24FNO. The normalized spacial score (nSPS) is 26.9.